The summed E-state index contributed by atoms with van der Waals surface area (Å²) in [5.74, 6) is 0. The van der Waals surface area contributed by atoms with Crippen molar-refractivity contribution in [2.45, 2.75) is 18.4 Å². The SMILES string of the molecule is Cc1ccc(S(=O)(=O)OCc2cccc(N(C)C)c2)cc1. The first-order valence-corrected chi connectivity index (χ1v) is 8.02. The lowest BCUT2D eigenvalue weighted by molar-refractivity contribution is 0.308. The molecule has 2 aromatic carbocycles. The van der Waals surface area contributed by atoms with E-state index in [0.717, 1.165) is 16.8 Å². The molecule has 0 aliphatic heterocycles. The lowest BCUT2D eigenvalue weighted by Crippen LogP contribution is -2.10. The Balaban J connectivity index is 2.11. The summed E-state index contributed by atoms with van der Waals surface area (Å²) in [5, 5.41) is 0. The van der Waals surface area contributed by atoms with Crippen LogP contribution in [0.4, 0.5) is 5.69 Å². The zero-order valence-electron chi connectivity index (χ0n) is 12.4. The van der Waals surface area contributed by atoms with Crippen molar-refractivity contribution in [3.05, 3.63) is 59.7 Å². The minimum absolute atomic E-state index is 0.0257. The van der Waals surface area contributed by atoms with E-state index in [1.165, 1.54) is 0 Å². The molecule has 0 N–H and O–H groups in total. The van der Waals surface area contributed by atoms with Crippen molar-refractivity contribution < 1.29 is 12.6 Å². The van der Waals surface area contributed by atoms with Gasteiger partial charge < -0.3 is 4.90 Å². The van der Waals surface area contributed by atoms with Crippen molar-refractivity contribution in [3.8, 4) is 0 Å². The lowest BCUT2D eigenvalue weighted by Gasteiger charge is -2.13. The highest BCUT2D eigenvalue weighted by molar-refractivity contribution is 7.86. The molecule has 0 saturated heterocycles. The monoisotopic (exact) mass is 305 g/mol. The highest BCUT2D eigenvalue weighted by Gasteiger charge is 2.15. The second-order valence-corrected chi connectivity index (χ2v) is 6.71. The fourth-order valence-electron chi connectivity index (χ4n) is 1.84. The molecule has 2 aromatic rings. The van der Waals surface area contributed by atoms with E-state index in [1.54, 1.807) is 24.3 Å². The van der Waals surface area contributed by atoms with Gasteiger partial charge in [0, 0.05) is 19.8 Å². The van der Waals surface area contributed by atoms with Gasteiger partial charge in [-0.05, 0) is 36.8 Å². The summed E-state index contributed by atoms with van der Waals surface area (Å²) in [5.41, 5.74) is 2.83. The summed E-state index contributed by atoms with van der Waals surface area (Å²) in [6.45, 7) is 1.93. The van der Waals surface area contributed by atoms with Crippen LogP contribution in [0.15, 0.2) is 53.4 Å². The van der Waals surface area contributed by atoms with Crippen LogP contribution >= 0.6 is 0 Å². The molecule has 0 aliphatic carbocycles. The minimum Gasteiger partial charge on any atom is -0.378 e. The van der Waals surface area contributed by atoms with E-state index >= 15 is 0 Å². The second-order valence-electron chi connectivity index (χ2n) is 5.09. The number of hydrogen-bond donors (Lipinski definition) is 0. The molecule has 112 valence electrons. The van der Waals surface area contributed by atoms with Gasteiger partial charge in [0.2, 0.25) is 0 Å². The van der Waals surface area contributed by atoms with Gasteiger partial charge in [-0.25, -0.2) is 0 Å². The van der Waals surface area contributed by atoms with Gasteiger partial charge in [0.25, 0.3) is 10.1 Å². The van der Waals surface area contributed by atoms with Gasteiger partial charge in [0.15, 0.2) is 0 Å². The van der Waals surface area contributed by atoms with Crippen molar-refractivity contribution in [1.29, 1.82) is 0 Å². The van der Waals surface area contributed by atoms with Crippen LogP contribution in [0.25, 0.3) is 0 Å². The molecular formula is C16H19NO3S. The van der Waals surface area contributed by atoms with Crippen LogP contribution in [-0.2, 0) is 20.9 Å². The molecule has 0 unspecified atom stereocenters. The molecule has 5 heteroatoms. The number of benzene rings is 2. The fourth-order valence-corrected chi connectivity index (χ4v) is 2.74. The maximum Gasteiger partial charge on any atom is 0.297 e. The quantitative estimate of drug-likeness (QED) is 0.797. The first-order chi connectivity index (χ1) is 9.88. The van der Waals surface area contributed by atoms with E-state index in [1.807, 2.05) is 50.2 Å². The van der Waals surface area contributed by atoms with Crippen molar-refractivity contribution >= 4 is 15.8 Å². The Bertz CT molecular complexity index is 707. The smallest absolute Gasteiger partial charge is 0.297 e. The molecule has 0 aromatic heterocycles. The summed E-state index contributed by atoms with van der Waals surface area (Å²) in [6, 6.07) is 14.2. The lowest BCUT2D eigenvalue weighted by atomic mass is 10.2. The third-order valence-corrected chi connectivity index (χ3v) is 4.40. The van der Waals surface area contributed by atoms with Crippen LogP contribution in [0.3, 0.4) is 0 Å². The Morgan fingerprint density at radius 1 is 1.05 bits per heavy atom. The molecule has 0 bridgehead atoms. The number of aryl methyl sites for hydroxylation is 1. The summed E-state index contributed by atoms with van der Waals surface area (Å²) < 4.78 is 29.3. The predicted octanol–water partition coefficient (Wildman–Crippen LogP) is 2.97. The predicted molar refractivity (Wildman–Crippen MR) is 83.9 cm³/mol. The first-order valence-electron chi connectivity index (χ1n) is 6.61. The number of nitrogens with zero attached hydrogens (tertiary/aromatic N) is 1. The Labute approximate surface area is 126 Å². The van der Waals surface area contributed by atoms with Gasteiger partial charge in [-0.1, -0.05) is 29.8 Å². The third-order valence-electron chi connectivity index (χ3n) is 3.12. The maximum absolute atomic E-state index is 12.1. The van der Waals surface area contributed by atoms with E-state index < -0.39 is 10.1 Å². The zero-order chi connectivity index (χ0) is 15.5. The Kier molecular flexibility index (Phi) is 4.65. The molecule has 21 heavy (non-hydrogen) atoms. The Hall–Kier alpha value is -1.85. The average molecular weight is 305 g/mol. The highest BCUT2D eigenvalue weighted by Crippen LogP contribution is 2.18. The summed E-state index contributed by atoms with van der Waals surface area (Å²) in [6.07, 6.45) is 0. The summed E-state index contributed by atoms with van der Waals surface area (Å²) in [4.78, 5) is 2.13. The maximum atomic E-state index is 12.1. The van der Waals surface area contributed by atoms with Gasteiger partial charge >= 0.3 is 0 Å². The molecule has 4 nitrogen and oxygen atoms in total. The van der Waals surface area contributed by atoms with Crippen molar-refractivity contribution in [2.75, 3.05) is 19.0 Å². The second kappa shape index (κ2) is 6.28. The molecule has 2 rings (SSSR count). The van der Waals surface area contributed by atoms with Gasteiger partial charge in [0.1, 0.15) is 0 Å². The van der Waals surface area contributed by atoms with E-state index in [4.69, 9.17) is 4.18 Å². The average Bonchev–Trinajstić information content (AvgIpc) is 2.46. The molecule has 0 fully saturated rings. The molecule has 0 spiro atoms. The fraction of sp³-hybridized carbons (Fsp3) is 0.250. The molecule has 0 saturated carbocycles. The highest BCUT2D eigenvalue weighted by atomic mass is 32.2. The summed E-state index contributed by atoms with van der Waals surface area (Å²) >= 11 is 0. The van der Waals surface area contributed by atoms with Gasteiger partial charge in [0.05, 0.1) is 11.5 Å². The van der Waals surface area contributed by atoms with E-state index in [0.29, 0.717) is 0 Å². The number of anilines is 1. The molecule has 0 aliphatic rings. The van der Waals surface area contributed by atoms with Gasteiger partial charge in [-0.3, -0.25) is 4.18 Å². The Morgan fingerprint density at radius 3 is 2.33 bits per heavy atom. The van der Waals surface area contributed by atoms with Crippen LogP contribution in [0.2, 0.25) is 0 Å². The molecule has 0 radical (unpaired) electrons. The van der Waals surface area contributed by atoms with Crippen molar-refractivity contribution in [1.82, 2.24) is 0 Å². The minimum atomic E-state index is -3.72. The van der Waals surface area contributed by atoms with Crippen molar-refractivity contribution in [3.63, 3.8) is 0 Å². The number of hydrogen-bond acceptors (Lipinski definition) is 4. The molecule has 0 amide bonds. The normalized spacial score (nSPS) is 11.4. The van der Waals surface area contributed by atoms with Gasteiger partial charge in [-0.2, -0.15) is 8.42 Å². The van der Waals surface area contributed by atoms with Gasteiger partial charge in [-0.15, -0.1) is 0 Å². The Morgan fingerprint density at radius 2 is 1.71 bits per heavy atom. The van der Waals surface area contributed by atoms with Crippen LogP contribution in [0.5, 0.6) is 0 Å². The van der Waals surface area contributed by atoms with E-state index in [9.17, 15) is 8.42 Å². The third kappa shape index (κ3) is 4.06. The van der Waals surface area contributed by atoms with E-state index in [-0.39, 0.29) is 11.5 Å². The molecule has 0 heterocycles. The van der Waals surface area contributed by atoms with E-state index in [2.05, 4.69) is 0 Å². The first kappa shape index (κ1) is 15.5. The molecular weight excluding hydrogens is 286 g/mol. The van der Waals surface area contributed by atoms with Crippen LogP contribution < -0.4 is 4.90 Å². The summed E-state index contributed by atoms with van der Waals surface area (Å²) in [7, 11) is 0.145. The van der Waals surface area contributed by atoms with Crippen LogP contribution in [-0.4, -0.2) is 22.5 Å². The number of rotatable bonds is 5. The zero-order valence-corrected chi connectivity index (χ0v) is 13.2. The largest absolute Gasteiger partial charge is 0.378 e. The topological polar surface area (TPSA) is 46.6 Å². The molecule has 0 atom stereocenters. The van der Waals surface area contributed by atoms with Crippen LogP contribution in [0.1, 0.15) is 11.1 Å². The standard InChI is InChI=1S/C16H19NO3S/c1-13-7-9-16(10-8-13)21(18,19)20-12-14-5-4-6-15(11-14)17(2)3/h4-11H,12H2,1-3H3. The van der Waals surface area contributed by atoms with Crippen LogP contribution in [0, 0.1) is 6.92 Å². The van der Waals surface area contributed by atoms with Crippen molar-refractivity contribution in [2.24, 2.45) is 0 Å².